The van der Waals surface area contributed by atoms with E-state index in [0.717, 1.165) is 56.9 Å². The van der Waals surface area contributed by atoms with Gasteiger partial charge in [0.05, 0.1) is 17.2 Å². The molecule has 0 aliphatic carbocycles. The van der Waals surface area contributed by atoms with Crippen molar-refractivity contribution in [2.24, 2.45) is 0 Å². The van der Waals surface area contributed by atoms with Crippen LogP contribution in [-0.2, 0) is 4.79 Å². The average molecular weight is 594 g/mol. The first-order chi connectivity index (χ1) is 19.4. The molecule has 2 aliphatic rings. The van der Waals surface area contributed by atoms with Crippen LogP contribution in [0.25, 0.3) is 6.08 Å². The number of amides is 1. The minimum Gasteiger partial charge on any atom is -0.494 e. The molecule has 2 aliphatic heterocycles. The highest BCUT2D eigenvalue weighted by Crippen LogP contribution is 2.37. The molecule has 2 saturated heterocycles. The number of piperazine rings is 1. The molecular formula is C31H32ClN3O3S2. The third-order valence-electron chi connectivity index (χ3n) is 6.83. The van der Waals surface area contributed by atoms with Gasteiger partial charge in [0.15, 0.2) is 4.32 Å². The molecule has 0 bridgehead atoms. The predicted molar refractivity (Wildman–Crippen MR) is 169 cm³/mol. The second kappa shape index (κ2) is 13.7. The normalized spacial score (nSPS) is 17.6. The summed E-state index contributed by atoms with van der Waals surface area (Å²) in [4.78, 5) is 20.3. The van der Waals surface area contributed by atoms with Gasteiger partial charge >= 0.3 is 0 Å². The Labute approximate surface area is 250 Å². The Balaban J connectivity index is 1.14. The lowest BCUT2D eigenvalue weighted by atomic mass is 10.2. The van der Waals surface area contributed by atoms with Crippen LogP contribution in [0.5, 0.6) is 17.2 Å². The molecule has 6 nitrogen and oxygen atoms in total. The van der Waals surface area contributed by atoms with Crippen LogP contribution in [0.4, 0.5) is 5.69 Å². The first-order valence-electron chi connectivity index (χ1n) is 13.4. The predicted octanol–water partition coefficient (Wildman–Crippen LogP) is 6.94. The van der Waals surface area contributed by atoms with Crippen molar-refractivity contribution < 1.29 is 14.3 Å². The Bertz CT molecular complexity index is 1360. The summed E-state index contributed by atoms with van der Waals surface area (Å²) in [5.41, 5.74) is 1.60. The van der Waals surface area contributed by atoms with Crippen molar-refractivity contribution in [3.05, 3.63) is 88.3 Å². The number of likely N-dealkylation sites (N-methyl/N-ethyl adjacent to an activating group) is 1. The van der Waals surface area contributed by atoms with Gasteiger partial charge < -0.3 is 19.3 Å². The summed E-state index contributed by atoms with van der Waals surface area (Å²) in [6, 6.07) is 22.4. The smallest absolute Gasteiger partial charge is 0.270 e. The third-order valence-corrected chi connectivity index (χ3v) is 8.38. The Morgan fingerprint density at radius 3 is 2.35 bits per heavy atom. The molecule has 0 spiro atoms. The third kappa shape index (κ3) is 7.65. The zero-order chi connectivity index (χ0) is 27.9. The Morgan fingerprint density at radius 1 is 0.925 bits per heavy atom. The van der Waals surface area contributed by atoms with E-state index in [1.54, 1.807) is 17.0 Å². The van der Waals surface area contributed by atoms with Crippen LogP contribution in [0.3, 0.4) is 0 Å². The SMILES string of the molecule is CN1CCN(CCCCOc2cccc(N3C(=O)C(=Cc4ccc(Oc5ccc(Cl)cc5)cc4)SC3=S)c2)CC1. The number of hydrogen-bond acceptors (Lipinski definition) is 7. The van der Waals surface area contributed by atoms with Crippen LogP contribution in [0.2, 0.25) is 5.02 Å². The van der Waals surface area contributed by atoms with Crippen LogP contribution < -0.4 is 14.4 Å². The summed E-state index contributed by atoms with van der Waals surface area (Å²) in [6.45, 7) is 6.32. The number of carbonyl (C=O) groups is 1. The lowest BCUT2D eigenvalue weighted by Gasteiger charge is -2.32. The summed E-state index contributed by atoms with van der Waals surface area (Å²) in [5, 5.41) is 0.659. The lowest BCUT2D eigenvalue weighted by Crippen LogP contribution is -2.44. The van der Waals surface area contributed by atoms with Gasteiger partial charge in [0, 0.05) is 37.3 Å². The van der Waals surface area contributed by atoms with Crippen molar-refractivity contribution >= 4 is 57.6 Å². The molecule has 5 rings (SSSR count). The number of ether oxygens (including phenoxy) is 2. The molecule has 0 saturated carbocycles. The van der Waals surface area contributed by atoms with Gasteiger partial charge in [0.2, 0.25) is 0 Å². The first-order valence-corrected chi connectivity index (χ1v) is 15.0. The molecule has 0 unspecified atom stereocenters. The number of nitrogens with zero attached hydrogens (tertiary/aromatic N) is 3. The van der Waals surface area contributed by atoms with E-state index in [1.165, 1.54) is 11.8 Å². The maximum absolute atomic E-state index is 13.3. The van der Waals surface area contributed by atoms with Crippen LogP contribution >= 0.6 is 35.6 Å². The average Bonchev–Trinajstić information content (AvgIpc) is 3.24. The number of rotatable bonds is 10. The summed E-state index contributed by atoms with van der Waals surface area (Å²) < 4.78 is 12.4. The molecule has 2 heterocycles. The number of benzene rings is 3. The highest BCUT2D eigenvalue weighted by molar-refractivity contribution is 8.27. The van der Waals surface area contributed by atoms with Gasteiger partial charge in [-0.1, -0.05) is 53.8 Å². The van der Waals surface area contributed by atoms with Gasteiger partial charge in [-0.15, -0.1) is 0 Å². The highest BCUT2D eigenvalue weighted by atomic mass is 35.5. The van der Waals surface area contributed by atoms with E-state index in [1.807, 2.05) is 66.7 Å². The number of thioether (sulfide) groups is 1. The fourth-order valence-electron chi connectivity index (χ4n) is 4.52. The van der Waals surface area contributed by atoms with Gasteiger partial charge in [0.25, 0.3) is 5.91 Å². The minimum absolute atomic E-state index is 0.138. The first kappa shape index (κ1) is 28.6. The molecule has 1 amide bonds. The van der Waals surface area contributed by atoms with E-state index >= 15 is 0 Å². The van der Waals surface area contributed by atoms with Gasteiger partial charge in [-0.25, -0.2) is 0 Å². The quantitative estimate of drug-likeness (QED) is 0.143. The van der Waals surface area contributed by atoms with Gasteiger partial charge in [0.1, 0.15) is 17.2 Å². The Kier molecular flexibility index (Phi) is 9.78. The van der Waals surface area contributed by atoms with Crippen molar-refractivity contribution in [1.82, 2.24) is 9.80 Å². The molecule has 0 N–H and O–H groups in total. The summed E-state index contributed by atoms with van der Waals surface area (Å²) in [6.07, 6.45) is 3.95. The lowest BCUT2D eigenvalue weighted by molar-refractivity contribution is -0.113. The van der Waals surface area contributed by atoms with Crippen LogP contribution in [0, 0.1) is 0 Å². The van der Waals surface area contributed by atoms with Crippen LogP contribution in [0.1, 0.15) is 18.4 Å². The zero-order valence-electron chi connectivity index (χ0n) is 22.4. The van der Waals surface area contributed by atoms with Crippen molar-refractivity contribution in [2.75, 3.05) is 51.3 Å². The molecule has 3 aromatic rings. The van der Waals surface area contributed by atoms with Crippen molar-refractivity contribution in [3.63, 3.8) is 0 Å². The Hall–Kier alpha value is -2.88. The standard InChI is InChI=1S/C31H32ClN3O3S2/c1-33-16-18-34(19-17-33)15-2-3-20-37-28-6-4-5-25(22-28)35-30(36)29(40-31(35)39)21-23-7-11-26(12-8-23)38-27-13-9-24(32)10-14-27/h4-14,21-22H,2-3,15-20H2,1H3. The monoisotopic (exact) mass is 593 g/mol. The van der Waals surface area contributed by atoms with E-state index < -0.39 is 0 Å². The van der Waals surface area contributed by atoms with Crippen LogP contribution in [0.15, 0.2) is 77.7 Å². The molecule has 9 heteroatoms. The van der Waals surface area contributed by atoms with Crippen molar-refractivity contribution in [3.8, 4) is 17.2 Å². The number of halogens is 1. The van der Waals surface area contributed by atoms with Crippen LogP contribution in [-0.4, -0.2) is 66.4 Å². The number of hydrogen-bond donors (Lipinski definition) is 0. The number of unbranched alkanes of at least 4 members (excludes halogenated alkanes) is 1. The number of carbonyl (C=O) groups excluding carboxylic acids is 1. The van der Waals surface area contributed by atoms with E-state index in [2.05, 4.69) is 16.8 Å². The summed E-state index contributed by atoms with van der Waals surface area (Å²) in [5.74, 6) is 2.00. The molecule has 208 valence electrons. The molecular weight excluding hydrogens is 562 g/mol. The molecule has 0 radical (unpaired) electrons. The van der Waals surface area contributed by atoms with Gasteiger partial charge in [-0.05, 0) is 86.6 Å². The van der Waals surface area contributed by atoms with Gasteiger partial charge in [-0.3, -0.25) is 9.69 Å². The number of thiocarbonyl (C=S) groups is 1. The maximum Gasteiger partial charge on any atom is 0.270 e. The largest absolute Gasteiger partial charge is 0.494 e. The fourth-order valence-corrected chi connectivity index (χ4v) is 5.95. The Morgan fingerprint density at radius 2 is 1.62 bits per heavy atom. The molecule has 0 atom stereocenters. The van der Waals surface area contributed by atoms with E-state index in [9.17, 15) is 4.79 Å². The molecule has 3 aromatic carbocycles. The van der Waals surface area contributed by atoms with Gasteiger partial charge in [-0.2, -0.15) is 0 Å². The van der Waals surface area contributed by atoms with E-state index in [0.29, 0.717) is 38.0 Å². The zero-order valence-corrected chi connectivity index (χ0v) is 24.8. The minimum atomic E-state index is -0.138. The second-order valence-corrected chi connectivity index (χ2v) is 12.0. The molecule has 40 heavy (non-hydrogen) atoms. The molecule has 2 fully saturated rings. The number of anilines is 1. The fraction of sp³-hybridized carbons (Fsp3) is 0.290. The molecule has 0 aromatic heterocycles. The highest BCUT2D eigenvalue weighted by Gasteiger charge is 2.33. The van der Waals surface area contributed by atoms with Crippen molar-refractivity contribution in [2.45, 2.75) is 12.8 Å². The topological polar surface area (TPSA) is 45.2 Å². The van der Waals surface area contributed by atoms with E-state index in [4.69, 9.17) is 33.3 Å². The van der Waals surface area contributed by atoms with Crippen molar-refractivity contribution in [1.29, 1.82) is 0 Å². The maximum atomic E-state index is 13.3. The second-order valence-electron chi connectivity index (χ2n) is 9.84. The summed E-state index contributed by atoms with van der Waals surface area (Å²) in [7, 11) is 2.18. The summed E-state index contributed by atoms with van der Waals surface area (Å²) >= 11 is 12.8. The van der Waals surface area contributed by atoms with E-state index in [-0.39, 0.29) is 5.91 Å².